The van der Waals surface area contributed by atoms with Gasteiger partial charge in [-0.1, -0.05) is 18.2 Å². The van der Waals surface area contributed by atoms with Gasteiger partial charge in [-0.25, -0.2) is 0 Å². The second-order valence-corrected chi connectivity index (χ2v) is 7.16. The van der Waals surface area contributed by atoms with E-state index < -0.39 is 0 Å². The summed E-state index contributed by atoms with van der Waals surface area (Å²) in [5, 5.41) is 2.84. The maximum absolute atomic E-state index is 12.4. The van der Waals surface area contributed by atoms with Gasteiger partial charge in [-0.05, 0) is 44.4 Å². The van der Waals surface area contributed by atoms with Crippen molar-refractivity contribution < 1.29 is 23.9 Å². The Labute approximate surface area is 171 Å². The molecule has 7 nitrogen and oxygen atoms in total. The Morgan fingerprint density at radius 3 is 2.28 bits per heavy atom. The lowest BCUT2D eigenvalue weighted by Gasteiger charge is -2.15. The molecule has 0 spiro atoms. The summed E-state index contributed by atoms with van der Waals surface area (Å²) in [7, 11) is 0. The normalized spacial score (nSPS) is 20.6. The van der Waals surface area contributed by atoms with Crippen LogP contribution in [0.3, 0.4) is 0 Å². The monoisotopic (exact) mass is 400 g/mol. The van der Waals surface area contributed by atoms with Crippen LogP contribution in [0, 0.1) is 11.8 Å². The van der Waals surface area contributed by atoms with Crippen molar-refractivity contribution in [2.45, 2.75) is 39.7 Å². The highest BCUT2D eigenvalue weighted by atomic mass is 16.5. The molecule has 1 aliphatic carbocycles. The van der Waals surface area contributed by atoms with Gasteiger partial charge in [-0.3, -0.25) is 19.3 Å². The lowest BCUT2D eigenvalue weighted by Crippen LogP contribution is -2.35. The molecule has 0 unspecified atom stereocenters. The van der Waals surface area contributed by atoms with Gasteiger partial charge in [-0.15, -0.1) is 0 Å². The number of benzene rings is 1. The Bertz CT molecular complexity index is 778. The first kappa shape index (κ1) is 20.9. The van der Waals surface area contributed by atoms with Crippen LogP contribution >= 0.6 is 0 Å². The summed E-state index contributed by atoms with van der Waals surface area (Å²) >= 11 is 0. The molecule has 2 atom stereocenters. The molecule has 0 saturated carbocycles. The van der Waals surface area contributed by atoms with Crippen molar-refractivity contribution in [3.63, 3.8) is 0 Å². The molecule has 1 aromatic rings. The summed E-state index contributed by atoms with van der Waals surface area (Å²) < 4.78 is 11.1. The maximum atomic E-state index is 12.4. The van der Waals surface area contributed by atoms with E-state index in [4.69, 9.17) is 9.47 Å². The van der Waals surface area contributed by atoms with Gasteiger partial charge < -0.3 is 14.8 Å². The number of amides is 3. The third-order valence-corrected chi connectivity index (χ3v) is 5.26. The number of nitrogens with one attached hydrogen (secondary N) is 1. The topological polar surface area (TPSA) is 84.9 Å². The van der Waals surface area contributed by atoms with Crippen LogP contribution in [-0.4, -0.2) is 42.4 Å². The molecule has 156 valence electrons. The molecule has 0 aromatic heterocycles. The third-order valence-electron chi connectivity index (χ3n) is 5.26. The largest absolute Gasteiger partial charge is 0.490 e. The fourth-order valence-electron chi connectivity index (χ4n) is 3.80. The van der Waals surface area contributed by atoms with Gasteiger partial charge in [0.2, 0.25) is 17.7 Å². The number of fused-ring (bicyclic) bond motifs is 1. The average molecular weight is 400 g/mol. The zero-order valence-electron chi connectivity index (χ0n) is 17.0. The molecule has 0 radical (unpaired) electrons. The standard InChI is InChI=1S/C22H28N2O5/c1-3-28-18-10-9-15(13-19(18)29-4-2)14-23-20(25)11-12-24-21(26)16-7-5-6-8-17(16)22(24)27/h5-6,9-10,13,16-17H,3-4,7-8,11-12,14H2,1-2H3,(H,23,25)/t16-,17+. The summed E-state index contributed by atoms with van der Waals surface area (Å²) in [6.45, 7) is 5.34. The lowest BCUT2D eigenvalue weighted by atomic mass is 9.85. The molecule has 1 fully saturated rings. The quantitative estimate of drug-likeness (QED) is 0.508. The number of nitrogens with zero attached hydrogens (tertiary/aromatic N) is 1. The zero-order valence-corrected chi connectivity index (χ0v) is 17.0. The maximum Gasteiger partial charge on any atom is 0.233 e. The SMILES string of the molecule is CCOc1ccc(CNC(=O)CCN2C(=O)[C@H]3CC=CC[C@H]3C2=O)cc1OCC. The highest BCUT2D eigenvalue weighted by Gasteiger charge is 2.46. The van der Waals surface area contributed by atoms with Crippen LogP contribution in [-0.2, 0) is 20.9 Å². The van der Waals surface area contributed by atoms with Gasteiger partial charge in [0.15, 0.2) is 11.5 Å². The molecule has 0 bridgehead atoms. The van der Waals surface area contributed by atoms with Gasteiger partial charge in [0, 0.05) is 19.5 Å². The molecule has 3 amide bonds. The van der Waals surface area contributed by atoms with Crippen LogP contribution in [0.2, 0.25) is 0 Å². The summed E-state index contributed by atoms with van der Waals surface area (Å²) in [5.74, 6) is 0.310. The van der Waals surface area contributed by atoms with E-state index in [1.54, 1.807) is 0 Å². The number of hydrogen-bond donors (Lipinski definition) is 1. The Morgan fingerprint density at radius 1 is 1.03 bits per heavy atom. The summed E-state index contributed by atoms with van der Waals surface area (Å²) in [6.07, 6.45) is 5.22. The minimum absolute atomic E-state index is 0.0969. The molecular formula is C22H28N2O5. The molecule has 7 heteroatoms. The predicted octanol–water partition coefficient (Wildman–Crippen LogP) is 2.44. The first-order chi connectivity index (χ1) is 14.0. The molecule has 3 rings (SSSR count). The predicted molar refractivity (Wildman–Crippen MR) is 107 cm³/mol. The van der Waals surface area contributed by atoms with Gasteiger partial charge in [0.1, 0.15) is 0 Å². The minimum atomic E-state index is -0.253. The van der Waals surface area contributed by atoms with Crippen LogP contribution in [0.5, 0.6) is 11.5 Å². The van der Waals surface area contributed by atoms with E-state index in [-0.39, 0.29) is 42.5 Å². The summed E-state index contributed by atoms with van der Waals surface area (Å²) in [4.78, 5) is 38.4. The van der Waals surface area contributed by atoms with E-state index in [1.165, 1.54) is 4.90 Å². The summed E-state index contributed by atoms with van der Waals surface area (Å²) in [6, 6.07) is 5.55. The van der Waals surface area contributed by atoms with Crippen molar-refractivity contribution in [3.8, 4) is 11.5 Å². The van der Waals surface area contributed by atoms with Gasteiger partial charge >= 0.3 is 0 Å². The number of hydrogen-bond acceptors (Lipinski definition) is 5. The van der Waals surface area contributed by atoms with Gasteiger partial charge in [0.05, 0.1) is 25.0 Å². The Hall–Kier alpha value is -2.83. The Kier molecular flexibility index (Phi) is 6.90. The van der Waals surface area contributed by atoms with E-state index in [0.717, 1.165) is 5.56 Å². The Balaban J connectivity index is 1.51. The van der Waals surface area contributed by atoms with Crippen molar-refractivity contribution in [1.29, 1.82) is 0 Å². The smallest absolute Gasteiger partial charge is 0.233 e. The van der Waals surface area contributed by atoms with Crippen molar-refractivity contribution in [2.75, 3.05) is 19.8 Å². The highest BCUT2D eigenvalue weighted by molar-refractivity contribution is 6.05. The molecule has 1 aliphatic heterocycles. The molecule has 29 heavy (non-hydrogen) atoms. The number of allylic oxidation sites excluding steroid dienone is 2. The van der Waals surface area contributed by atoms with Crippen LogP contribution in [0.15, 0.2) is 30.4 Å². The third kappa shape index (κ3) is 4.78. The van der Waals surface area contributed by atoms with E-state index in [2.05, 4.69) is 5.32 Å². The number of carbonyl (C=O) groups excluding carboxylic acids is 3. The number of likely N-dealkylation sites (tertiary alicyclic amines) is 1. The van der Waals surface area contributed by atoms with Crippen LogP contribution in [0.25, 0.3) is 0 Å². The number of rotatable bonds is 9. The molecule has 1 N–H and O–H groups in total. The number of carbonyl (C=O) groups is 3. The van der Waals surface area contributed by atoms with Crippen molar-refractivity contribution in [2.24, 2.45) is 11.8 Å². The number of imide groups is 1. The van der Waals surface area contributed by atoms with Gasteiger partial charge in [-0.2, -0.15) is 0 Å². The first-order valence-corrected chi connectivity index (χ1v) is 10.2. The van der Waals surface area contributed by atoms with E-state index in [9.17, 15) is 14.4 Å². The molecule has 1 heterocycles. The van der Waals surface area contributed by atoms with E-state index in [0.29, 0.717) is 44.1 Å². The van der Waals surface area contributed by atoms with Crippen LogP contribution < -0.4 is 14.8 Å². The lowest BCUT2D eigenvalue weighted by molar-refractivity contribution is -0.140. The van der Waals surface area contributed by atoms with Crippen molar-refractivity contribution >= 4 is 17.7 Å². The highest BCUT2D eigenvalue weighted by Crippen LogP contribution is 2.35. The second kappa shape index (κ2) is 9.58. The first-order valence-electron chi connectivity index (χ1n) is 10.2. The average Bonchev–Trinajstić information content (AvgIpc) is 2.97. The second-order valence-electron chi connectivity index (χ2n) is 7.16. The Morgan fingerprint density at radius 2 is 1.66 bits per heavy atom. The van der Waals surface area contributed by atoms with Gasteiger partial charge in [0.25, 0.3) is 0 Å². The molecular weight excluding hydrogens is 372 g/mol. The number of ether oxygens (including phenoxy) is 2. The molecule has 1 saturated heterocycles. The van der Waals surface area contributed by atoms with E-state index >= 15 is 0 Å². The van der Waals surface area contributed by atoms with Crippen LogP contribution in [0.1, 0.15) is 38.7 Å². The zero-order chi connectivity index (χ0) is 20.8. The summed E-state index contributed by atoms with van der Waals surface area (Å²) in [5.41, 5.74) is 0.885. The molecule has 1 aromatic carbocycles. The van der Waals surface area contributed by atoms with Crippen LogP contribution in [0.4, 0.5) is 0 Å². The van der Waals surface area contributed by atoms with E-state index in [1.807, 2.05) is 44.2 Å². The fourth-order valence-corrected chi connectivity index (χ4v) is 3.80. The van der Waals surface area contributed by atoms with Crippen molar-refractivity contribution in [3.05, 3.63) is 35.9 Å². The minimum Gasteiger partial charge on any atom is -0.490 e. The van der Waals surface area contributed by atoms with Crippen molar-refractivity contribution in [1.82, 2.24) is 10.2 Å². The fraction of sp³-hybridized carbons (Fsp3) is 0.500. The molecule has 2 aliphatic rings.